The number of rotatable bonds is 1. The fraction of sp³-hybridized carbons (Fsp3) is 1.00. The lowest BCUT2D eigenvalue weighted by molar-refractivity contribution is 0.275. The lowest BCUT2D eigenvalue weighted by atomic mass is 9.81. The van der Waals surface area contributed by atoms with E-state index in [1.165, 1.54) is 12.8 Å². The summed E-state index contributed by atoms with van der Waals surface area (Å²) >= 11 is 0. The van der Waals surface area contributed by atoms with E-state index in [9.17, 15) is 0 Å². The molecule has 0 saturated carbocycles. The molecule has 0 radical (unpaired) electrons. The molecule has 0 aliphatic carbocycles. The molecule has 0 unspecified atom stereocenters. The van der Waals surface area contributed by atoms with E-state index in [2.05, 4.69) is 41.5 Å². The third kappa shape index (κ3) is 48.3. The predicted octanol–water partition coefficient (Wildman–Crippen LogP) is 7.68. The van der Waals surface area contributed by atoms with Crippen LogP contribution in [0.4, 0.5) is 0 Å². The van der Waals surface area contributed by atoms with Gasteiger partial charge < -0.3 is 0 Å². The third-order valence-corrected chi connectivity index (χ3v) is 1.62. The smallest absolute Gasteiger partial charge is 0.0382 e. The summed E-state index contributed by atoms with van der Waals surface area (Å²) in [7, 11) is 0. The Balaban J connectivity index is -0.0000000270. The monoisotopic (exact) mass is 238 g/mol. The normalized spacial score (nSPS) is 8.62. The second-order valence-corrected chi connectivity index (χ2v) is 5.62. The van der Waals surface area contributed by atoms with Crippen LogP contribution in [0.1, 0.15) is 98.9 Å². The van der Waals surface area contributed by atoms with Gasteiger partial charge in [-0.05, 0) is 23.7 Å². The van der Waals surface area contributed by atoms with E-state index in [1.807, 2.05) is 0 Å². The van der Waals surface area contributed by atoms with Crippen LogP contribution in [0.3, 0.4) is 0 Å². The molecule has 0 aromatic carbocycles. The van der Waals surface area contributed by atoms with Gasteiger partial charge in [0.25, 0.3) is 0 Å². The first-order valence-electron chi connectivity index (χ1n) is 4.21. The largest absolute Gasteiger partial charge is 0.0776 e. The topological polar surface area (TPSA) is 0 Å². The predicted molar refractivity (Wildman–Crippen MR) is 88.5 cm³/mol. The van der Waals surface area contributed by atoms with Crippen molar-refractivity contribution in [2.45, 2.75) is 98.9 Å². The number of hydrogen-bond donors (Lipinski definition) is 0. The molecular formula is C16H46. The molecule has 0 N–H and O–H groups in total. The van der Waals surface area contributed by atoms with Crippen LogP contribution in [-0.4, -0.2) is 0 Å². The van der Waals surface area contributed by atoms with Crippen LogP contribution < -0.4 is 0 Å². The van der Waals surface area contributed by atoms with Crippen LogP contribution in [-0.2, 0) is 0 Å². The van der Waals surface area contributed by atoms with E-state index < -0.39 is 0 Å². The van der Waals surface area contributed by atoms with Crippen LogP contribution in [0.15, 0.2) is 0 Å². The Morgan fingerprint density at radius 1 is 0.438 bits per heavy atom. The molecular weight excluding hydrogens is 192 g/mol. The van der Waals surface area contributed by atoms with Gasteiger partial charge in [0, 0.05) is 0 Å². The molecule has 0 rings (SSSR count). The highest BCUT2D eigenvalue weighted by atomic mass is 14.2. The van der Waals surface area contributed by atoms with Crippen molar-refractivity contribution in [2.24, 2.45) is 10.8 Å². The van der Waals surface area contributed by atoms with Gasteiger partial charge in [-0.3, -0.25) is 0 Å². The minimum atomic E-state index is 0. The average Bonchev–Trinajstić information content (AvgIpc) is 1.57. The van der Waals surface area contributed by atoms with Gasteiger partial charge in [-0.2, -0.15) is 0 Å². The van der Waals surface area contributed by atoms with Crippen LogP contribution in [0.25, 0.3) is 0 Å². The van der Waals surface area contributed by atoms with Crippen molar-refractivity contribution >= 4 is 0 Å². The molecule has 0 aromatic rings. The molecule has 16 heavy (non-hydrogen) atoms. The van der Waals surface area contributed by atoms with Gasteiger partial charge in [-0.25, -0.2) is 0 Å². The first kappa shape index (κ1) is 44.4. The highest BCUT2D eigenvalue weighted by Crippen LogP contribution is 2.29. The molecule has 110 valence electrons. The molecule has 0 fully saturated rings. The Morgan fingerprint density at radius 2 is 0.562 bits per heavy atom. The highest BCUT2D eigenvalue weighted by molar-refractivity contribution is 4.68. The standard InChI is InChI=1S/C10H22.6CH4/c1-9(2,3)7-8-10(4,5)6;;;;;;/h7-8H2,1-6H3;6*1H4. The zero-order valence-corrected chi connectivity index (χ0v) is 8.41. The molecule has 0 bridgehead atoms. The summed E-state index contributed by atoms with van der Waals surface area (Å²) in [6.45, 7) is 13.8. The van der Waals surface area contributed by atoms with Gasteiger partial charge >= 0.3 is 0 Å². The van der Waals surface area contributed by atoms with Gasteiger partial charge in [0.05, 0.1) is 0 Å². The molecule has 0 aliphatic rings. The Hall–Kier alpha value is 0. The maximum Gasteiger partial charge on any atom is -0.0382 e. The lowest BCUT2D eigenvalue weighted by Crippen LogP contribution is -2.12. The maximum atomic E-state index is 2.30. The van der Waals surface area contributed by atoms with E-state index in [4.69, 9.17) is 0 Å². The highest BCUT2D eigenvalue weighted by Gasteiger charge is 2.16. The Morgan fingerprint density at radius 3 is 0.625 bits per heavy atom. The van der Waals surface area contributed by atoms with Gasteiger partial charge in [-0.15, -0.1) is 0 Å². The average molecular weight is 239 g/mol. The fourth-order valence-electron chi connectivity index (χ4n) is 0.750. The Bertz CT molecular complexity index is 73.6. The SMILES string of the molecule is C.C.C.C.C.C.CC(C)(C)CCC(C)(C)C. The van der Waals surface area contributed by atoms with Crippen molar-refractivity contribution in [2.75, 3.05) is 0 Å². The van der Waals surface area contributed by atoms with Crippen LogP contribution in [0, 0.1) is 10.8 Å². The Labute approximate surface area is 110 Å². The van der Waals surface area contributed by atoms with Crippen molar-refractivity contribution < 1.29 is 0 Å². The molecule has 0 heterocycles. The van der Waals surface area contributed by atoms with Crippen LogP contribution >= 0.6 is 0 Å². The summed E-state index contributed by atoms with van der Waals surface area (Å²) in [5.74, 6) is 0. The first-order chi connectivity index (χ1) is 4.21. The zero-order valence-electron chi connectivity index (χ0n) is 8.41. The molecule has 0 heteroatoms. The van der Waals surface area contributed by atoms with Gasteiger partial charge in [0.1, 0.15) is 0 Å². The second kappa shape index (κ2) is 15.0. The third-order valence-electron chi connectivity index (χ3n) is 1.62. The fourth-order valence-corrected chi connectivity index (χ4v) is 0.750. The second-order valence-electron chi connectivity index (χ2n) is 5.62. The number of hydrogen-bond acceptors (Lipinski definition) is 0. The summed E-state index contributed by atoms with van der Waals surface area (Å²) in [6, 6.07) is 0. The van der Waals surface area contributed by atoms with Crippen LogP contribution in [0.5, 0.6) is 0 Å². The van der Waals surface area contributed by atoms with E-state index in [-0.39, 0.29) is 44.6 Å². The van der Waals surface area contributed by atoms with E-state index in [1.54, 1.807) is 0 Å². The maximum absolute atomic E-state index is 2.30. The molecule has 0 atom stereocenters. The van der Waals surface area contributed by atoms with Crippen molar-refractivity contribution in [3.63, 3.8) is 0 Å². The van der Waals surface area contributed by atoms with Crippen LogP contribution in [0.2, 0.25) is 0 Å². The van der Waals surface area contributed by atoms with Gasteiger partial charge in [-0.1, -0.05) is 86.1 Å². The summed E-state index contributed by atoms with van der Waals surface area (Å²) < 4.78 is 0. The van der Waals surface area contributed by atoms with E-state index in [0.29, 0.717) is 10.8 Å². The summed E-state index contributed by atoms with van der Waals surface area (Å²) in [5.41, 5.74) is 1.01. The van der Waals surface area contributed by atoms with Crippen molar-refractivity contribution in [1.29, 1.82) is 0 Å². The molecule has 0 nitrogen and oxygen atoms in total. The quantitative estimate of drug-likeness (QED) is 0.439. The summed E-state index contributed by atoms with van der Waals surface area (Å²) in [4.78, 5) is 0. The minimum Gasteiger partial charge on any atom is -0.0776 e. The summed E-state index contributed by atoms with van der Waals surface area (Å²) in [6.07, 6.45) is 2.66. The molecule has 0 aromatic heterocycles. The summed E-state index contributed by atoms with van der Waals surface area (Å²) in [5, 5.41) is 0. The van der Waals surface area contributed by atoms with Gasteiger partial charge in [0.2, 0.25) is 0 Å². The van der Waals surface area contributed by atoms with Gasteiger partial charge in [0.15, 0.2) is 0 Å². The van der Waals surface area contributed by atoms with E-state index in [0.717, 1.165) is 0 Å². The zero-order chi connectivity index (χ0) is 8.41. The molecule has 0 aliphatic heterocycles. The first-order valence-corrected chi connectivity index (χ1v) is 4.21. The van der Waals surface area contributed by atoms with Crippen molar-refractivity contribution in [3.05, 3.63) is 0 Å². The minimum absolute atomic E-state index is 0. The Kier molecular flexibility index (Phi) is 41.7. The van der Waals surface area contributed by atoms with E-state index >= 15 is 0 Å². The lowest BCUT2D eigenvalue weighted by Gasteiger charge is -2.24. The molecule has 0 amide bonds. The van der Waals surface area contributed by atoms with Crippen molar-refractivity contribution in [1.82, 2.24) is 0 Å². The molecule has 0 spiro atoms. The molecule has 0 saturated heterocycles. The van der Waals surface area contributed by atoms with Crippen molar-refractivity contribution in [3.8, 4) is 0 Å².